The minimum absolute atomic E-state index is 0.124. The molecule has 0 radical (unpaired) electrons. The number of rotatable bonds is 6. The lowest BCUT2D eigenvalue weighted by atomic mass is 10.0. The van der Waals surface area contributed by atoms with E-state index in [1.54, 1.807) is 24.3 Å². The first-order valence-corrected chi connectivity index (χ1v) is 13.2. The number of amides is 4. The molecule has 0 fully saturated rings. The zero-order valence-corrected chi connectivity index (χ0v) is 23.1. The van der Waals surface area contributed by atoms with Gasteiger partial charge in [-0.3, -0.25) is 19.7 Å². The van der Waals surface area contributed by atoms with Crippen molar-refractivity contribution in [1.29, 1.82) is 0 Å². The molecule has 13 nitrogen and oxygen atoms in total. The Morgan fingerprint density at radius 1 is 1.20 bits per heavy atom. The summed E-state index contributed by atoms with van der Waals surface area (Å²) in [6, 6.07) is 8.81. The number of nitrogens with zero attached hydrogens (tertiary/aromatic N) is 4. The Morgan fingerprint density at radius 2 is 2.02 bits per heavy atom. The fraction of sp³-hybridized carbons (Fsp3) is 0.296. The van der Waals surface area contributed by atoms with Crippen molar-refractivity contribution in [3.63, 3.8) is 0 Å². The third-order valence-electron chi connectivity index (χ3n) is 6.27. The van der Waals surface area contributed by atoms with Gasteiger partial charge in [0.15, 0.2) is 0 Å². The monoisotopic (exact) mass is 580 g/mol. The summed E-state index contributed by atoms with van der Waals surface area (Å²) in [4.78, 5) is 50.8. The van der Waals surface area contributed by atoms with Crippen LogP contribution < -0.4 is 21.3 Å². The van der Waals surface area contributed by atoms with Crippen LogP contribution in [0.3, 0.4) is 0 Å². The van der Waals surface area contributed by atoms with Crippen molar-refractivity contribution in [2.24, 2.45) is 5.92 Å². The fourth-order valence-corrected chi connectivity index (χ4v) is 4.46. The van der Waals surface area contributed by atoms with Gasteiger partial charge in [0.25, 0.3) is 5.91 Å². The van der Waals surface area contributed by atoms with Crippen molar-refractivity contribution < 1.29 is 23.9 Å². The Hall–Kier alpha value is -4.78. The lowest BCUT2D eigenvalue weighted by Gasteiger charge is -2.20. The van der Waals surface area contributed by atoms with Gasteiger partial charge in [0.2, 0.25) is 11.8 Å². The molecule has 0 aliphatic carbocycles. The van der Waals surface area contributed by atoms with Crippen LogP contribution in [0.1, 0.15) is 35.7 Å². The second-order valence-corrected chi connectivity index (χ2v) is 9.80. The lowest BCUT2D eigenvalue weighted by molar-refractivity contribution is -0.123. The number of nitrogens with one attached hydrogen (secondary N) is 4. The van der Waals surface area contributed by atoms with E-state index >= 15 is 0 Å². The number of ether oxygens (including phenoxy) is 1. The highest BCUT2D eigenvalue weighted by Crippen LogP contribution is 2.23. The summed E-state index contributed by atoms with van der Waals surface area (Å²) in [6.07, 6.45) is 5.18. The highest BCUT2D eigenvalue weighted by Gasteiger charge is 2.24. The zero-order chi connectivity index (χ0) is 29.4. The molecular weight excluding hydrogens is 552 g/mol. The maximum atomic E-state index is 13.3. The maximum absolute atomic E-state index is 13.3. The first-order chi connectivity index (χ1) is 19.7. The standard InChI is InChI=1S/C27H29ClN8O5/c1-16-4-3-5-21(26(39)29-11-10-17-13-18(28)6-9-23(17)36-15-30-34-35-36)33-25(38)20-8-7-19(31-27(40)41-2)14-22(20)32-24(37)12-16/h3-4,6-9,13-16,21H,5,10-12H2,1-2H3,(H,29,39)(H,31,40)(H,32,37)(H,33,38)/b4-3-. The van der Waals surface area contributed by atoms with Crippen molar-refractivity contribution >= 4 is 46.8 Å². The van der Waals surface area contributed by atoms with E-state index in [1.165, 1.54) is 36.3 Å². The summed E-state index contributed by atoms with van der Waals surface area (Å²) in [5, 5.41) is 22.7. The van der Waals surface area contributed by atoms with Gasteiger partial charge in [0.1, 0.15) is 12.4 Å². The average molecular weight is 581 g/mol. The quantitative estimate of drug-likeness (QED) is 0.323. The fourth-order valence-electron chi connectivity index (χ4n) is 4.26. The van der Waals surface area contributed by atoms with E-state index in [2.05, 4.69) is 41.5 Å². The summed E-state index contributed by atoms with van der Waals surface area (Å²) in [5.74, 6) is -1.37. The van der Waals surface area contributed by atoms with Crippen LogP contribution in [-0.2, 0) is 20.7 Å². The first kappa shape index (κ1) is 29.2. The number of tetrazole rings is 1. The van der Waals surface area contributed by atoms with Gasteiger partial charge in [-0.1, -0.05) is 30.7 Å². The molecule has 14 heteroatoms. The van der Waals surface area contributed by atoms with Crippen molar-refractivity contribution in [3.8, 4) is 5.69 Å². The number of aromatic nitrogens is 4. The SMILES string of the molecule is COC(=O)Nc1ccc2c(c1)NC(=O)CC(C)/C=C\CC(C(=O)NCCc1cc(Cl)ccc1-n1cnnn1)NC2=O. The molecular formula is C27H29ClN8O5. The number of benzene rings is 2. The van der Waals surface area contributed by atoms with Crippen LogP contribution in [0.25, 0.3) is 5.69 Å². The molecule has 0 spiro atoms. The molecule has 1 aliphatic heterocycles. The van der Waals surface area contributed by atoms with Crippen LogP contribution in [0.5, 0.6) is 0 Å². The van der Waals surface area contributed by atoms with Gasteiger partial charge in [-0.05, 0) is 71.1 Å². The van der Waals surface area contributed by atoms with Gasteiger partial charge in [0.05, 0.1) is 24.0 Å². The van der Waals surface area contributed by atoms with Crippen molar-refractivity contribution in [3.05, 3.63) is 71.0 Å². The van der Waals surface area contributed by atoms with Gasteiger partial charge in [-0.15, -0.1) is 5.10 Å². The minimum atomic E-state index is -0.889. The van der Waals surface area contributed by atoms with Gasteiger partial charge >= 0.3 is 6.09 Å². The Morgan fingerprint density at radius 3 is 2.78 bits per heavy atom. The van der Waals surface area contributed by atoms with E-state index in [4.69, 9.17) is 11.6 Å². The van der Waals surface area contributed by atoms with Gasteiger partial charge in [-0.25, -0.2) is 9.48 Å². The highest BCUT2D eigenvalue weighted by molar-refractivity contribution is 6.30. The molecule has 41 heavy (non-hydrogen) atoms. The Kier molecular flexibility index (Phi) is 9.64. The molecule has 0 saturated heterocycles. The first-order valence-electron chi connectivity index (χ1n) is 12.8. The van der Waals surface area contributed by atoms with Crippen molar-refractivity contribution in [2.45, 2.75) is 32.2 Å². The number of carbonyl (C=O) groups is 4. The third kappa shape index (κ3) is 7.88. The smallest absolute Gasteiger partial charge is 0.411 e. The molecule has 4 amide bonds. The normalized spacial score (nSPS) is 18.0. The van der Waals surface area contributed by atoms with Crippen LogP contribution in [-0.4, -0.2) is 63.7 Å². The van der Waals surface area contributed by atoms with Crippen LogP contribution in [0, 0.1) is 5.92 Å². The second kappa shape index (κ2) is 13.5. The van der Waals surface area contributed by atoms with E-state index in [1.807, 2.05) is 13.0 Å². The number of allylic oxidation sites excluding steroid dienone is 1. The summed E-state index contributed by atoms with van der Waals surface area (Å²) >= 11 is 6.19. The van der Waals surface area contributed by atoms with E-state index in [0.29, 0.717) is 17.1 Å². The van der Waals surface area contributed by atoms with E-state index < -0.39 is 18.0 Å². The predicted molar refractivity (Wildman–Crippen MR) is 151 cm³/mol. The molecule has 2 heterocycles. The molecule has 2 aromatic carbocycles. The molecule has 4 rings (SSSR count). The number of carbonyl (C=O) groups excluding carboxylic acids is 4. The summed E-state index contributed by atoms with van der Waals surface area (Å²) in [6.45, 7) is 2.13. The van der Waals surface area contributed by atoms with Crippen molar-refractivity contribution in [2.75, 3.05) is 24.3 Å². The molecule has 1 aliphatic rings. The molecule has 2 atom stereocenters. The van der Waals surface area contributed by atoms with Gasteiger partial charge < -0.3 is 20.7 Å². The van der Waals surface area contributed by atoms with Crippen molar-refractivity contribution in [1.82, 2.24) is 30.8 Å². The number of methoxy groups -OCH3 is 1. The van der Waals surface area contributed by atoms with E-state index in [9.17, 15) is 19.2 Å². The lowest BCUT2D eigenvalue weighted by Crippen LogP contribution is -2.47. The molecule has 214 valence electrons. The molecule has 1 aromatic heterocycles. The van der Waals surface area contributed by atoms with Crippen LogP contribution in [0.4, 0.5) is 16.2 Å². The average Bonchev–Trinajstić information content (AvgIpc) is 3.46. The van der Waals surface area contributed by atoms with Gasteiger partial charge in [0, 0.05) is 23.7 Å². The second-order valence-electron chi connectivity index (χ2n) is 9.36. The van der Waals surface area contributed by atoms with Crippen LogP contribution >= 0.6 is 11.6 Å². The van der Waals surface area contributed by atoms with Crippen LogP contribution in [0.15, 0.2) is 54.9 Å². The van der Waals surface area contributed by atoms with E-state index in [0.717, 1.165) is 11.3 Å². The molecule has 3 aromatic rings. The Bertz CT molecular complexity index is 1460. The summed E-state index contributed by atoms with van der Waals surface area (Å²) in [5.41, 5.74) is 2.19. The van der Waals surface area contributed by atoms with E-state index in [-0.39, 0.29) is 48.4 Å². The molecule has 0 bridgehead atoms. The zero-order valence-electron chi connectivity index (χ0n) is 22.4. The highest BCUT2D eigenvalue weighted by atomic mass is 35.5. The molecule has 4 N–H and O–H groups in total. The van der Waals surface area contributed by atoms with Crippen LogP contribution in [0.2, 0.25) is 5.02 Å². The summed E-state index contributed by atoms with van der Waals surface area (Å²) in [7, 11) is 1.22. The van der Waals surface area contributed by atoms with Gasteiger partial charge in [-0.2, -0.15) is 0 Å². The Labute approximate surface area is 240 Å². The third-order valence-corrected chi connectivity index (χ3v) is 6.50. The maximum Gasteiger partial charge on any atom is 0.411 e. The summed E-state index contributed by atoms with van der Waals surface area (Å²) < 4.78 is 6.12. The minimum Gasteiger partial charge on any atom is -0.453 e. The number of hydrogen-bond donors (Lipinski definition) is 4. The number of hydrogen-bond acceptors (Lipinski definition) is 8. The topological polar surface area (TPSA) is 169 Å². The predicted octanol–water partition coefficient (Wildman–Crippen LogP) is 2.88. The Balaban J connectivity index is 1.51. The number of anilines is 2. The number of halogens is 1. The molecule has 2 unspecified atom stereocenters. The number of fused-ring (bicyclic) bond motifs is 1. The molecule has 0 saturated carbocycles. The largest absolute Gasteiger partial charge is 0.453 e.